The lowest BCUT2D eigenvalue weighted by Crippen LogP contribution is -2.16. The van der Waals surface area contributed by atoms with Crippen LogP contribution in [0.25, 0.3) is 28.2 Å². The standard InChI is InChI=1S/C26H31N5O2S/c1-4-9-22-27-16(3)23-25(32)29-24(30-31(22)23)19-14-18(12-13-21(19)33-5-2)20-15-34-26(28-20)17-10-7-6-8-11-17/h12-15,17H,4-11H2,1-3H3,(H,29,30,32). The molecule has 1 saturated carbocycles. The van der Waals surface area contributed by atoms with Crippen molar-refractivity contribution in [3.63, 3.8) is 0 Å². The minimum atomic E-state index is -0.196. The summed E-state index contributed by atoms with van der Waals surface area (Å²) in [6.07, 6.45) is 8.07. The first-order chi connectivity index (χ1) is 16.6. The van der Waals surface area contributed by atoms with Crippen molar-refractivity contribution in [1.29, 1.82) is 0 Å². The van der Waals surface area contributed by atoms with E-state index in [1.54, 1.807) is 15.9 Å². The largest absolute Gasteiger partial charge is 0.493 e. The van der Waals surface area contributed by atoms with Gasteiger partial charge in [0.05, 0.1) is 28.6 Å². The molecule has 3 heterocycles. The third kappa shape index (κ3) is 4.27. The molecule has 0 radical (unpaired) electrons. The molecule has 178 valence electrons. The molecule has 1 N–H and O–H groups in total. The molecule has 34 heavy (non-hydrogen) atoms. The molecular formula is C26H31N5O2S. The van der Waals surface area contributed by atoms with Crippen LogP contribution in [-0.4, -0.2) is 31.2 Å². The maximum Gasteiger partial charge on any atom is 0.277 e. The minimum absolute atomic E-state index is 0.196. The molecule has 0 unspecified atom stereocenters. The van der Waals surface area contributed by atoms with Crippen LogP contribution >= 0.6 is 11.3 Å². The van der Waals surface area contributed by atoms with Crippen LogP contribution in [0.5, 0.6) is 5.75 Å². The number of imidazole rings is 1. The van der Waals surface area contributed by atoms with Gasteiger partial charge in [-0.15, -0.1) is 16.4 Å². The lowest BCUT2D eigenvalue weighted by Gasteiger charge is -2.18. The van der Waals surface area contributed by atoms with Crippen LogP contribution < -0.4 is 10.3 Å². The molecule has 1 aromatic carbocycles. The van der Waals surface area contributed by atoms with Gasteiger partial charge in [0.15, 0.2) is 11.3 Å². The molecule has 0 spiro atoms. The number of benzene rings is 1. The monoisotopic (exact) mass is 477 g/mol. The molecule has 1 fully saturated rings. The van der Waals surface area contributed by atoms with Gasteiger partial charge in [0.25, 0.3) is 5.56 Å². The molecule has 1 aliphatic rings. The second-order valence-corrected chi connectivity index (χ2v) is 9.87. The van der Waals surface area contributed by atoms with Gasteiger partial charge in [-0.1, -0.05) is 26.2 Å². The Morgan fingerprint density at radius 1 is 1.18 bits per heavy atom. The van der Waals surface area contributed by atoms with Gasteiger partial charge < -0.3 is 9.72 Å². The van der Waals surface area contributed by atoms with Crippen LogP contribution in [0.3, 0.4) is 0 Å². The molecule has 4 aromatic rings. The smallest absolute Gasteiger partial charge is 0.277 e. The fourth-order valence-corrected chi connectivity index (χ4v) is 5.86. The van der Waals surface area contributed by atoms with Crippen molar-refractivity contribution in [3.05, 3.63) is 50.5 Å². The number of ether oxygens (including phenoxy) is 1. The van der Waals surface area contributed by atoms with Crippen molar-refractivity contribution < 1.29 is 4.74 Å². The predicted molar refractivity (Wildman–Crippen MR) is 136 cm³/mol. The summed E-state index contributed by atoms with van der Waals surface area (Å²) in [5, 5.41) is 8.18. The highest BCUT2D eigenvalue weighted by Gasteiger charge is 2.21. The number of rotatable bonds is 7. The van der Waals surface area contributed by atoms with Gasteiger partial charge in [-0.3, -0.25) is 4.79 Å². The van der Waals surface area contributed by atoms with Crippen molar-refractivity contribution in [2.75, 3.05) is 6.61 Å². The molecule has 0 aliphatic heterocycles. The van der Waals surface area contributed by atoms with Crippen LogP contribution in [0, 0.1) is 6.92 Å². The number of aromatic nitrogens is 5. The van der Waals surface area contributed by atoms with Gasteiger partial charge in [-0.2, -0.15) is 0 Å². The Kier molecular flexibility index (Phi) is 6.50. The maximum atomic E-state index is 13.0. The van der Waals surface area contributed by atoms with Crippen LogP contribution in [-0.2, 0) is 6.42 Å². The number of nitrogens with zero attached hydrogens (tertiary/aromatic N) is 4. The zero-order valence-corrected chi connectivity index (χ0v) is 20.9. The summed E-state index contributed by atoms with van der Waals surface area (Å²) in [6.45, 7) is 6.42. The zero-order chi connectivity index (χ0) is 23.7. The van der Waals surface area contributed by atoms with Crippen molar-refractivity contribution in [2.45, 2.75) is 71.6 Å². The maximum absolute atomic E-state index is 13.0. The van der Waals surface area contributed by atoms with E-state index in [2.05, 4.69) is 22.3 Å². The quantitative estimate of drug-likeness (QED) is 0.357. The van der Waals surface area contributed by atoms with Gasteiger partial charge in [-0.05, 0) is 51.3 Å². The Bertz CT molecular complexity index is 1360. The van der Waals surface area contributed by atoms with Crippen molar-refractivity contribution in [3.8, 4) is 28.4 Å². The summed E-state index contributed by atoms with van der Waals surface area (Å²) < 4.78 is 7.61. The fourth-order valence-electron chi connectivity index (χ4n) is 4.86. The number of nitrogens with one attached hydrogen (secondary N) is 1. The Balaban J connectivity index is 1.59. The number of thiazole rings is 1. The minimum Gasteiger partial charge on any atom is -0.493 e. The first-order valence-corrected chi connectivity index (χ1v) is 13.2. The van der Waals surface area contributed by atoms with Gasteiger partial charge in [-0.25, -0.2) is 14.5 Å². The Labute approximate surface area is 203 Å². The first-order valence-electron chi connectivity index (χ1n) is 12.3. The molecule has 0 bridgehead atoms. The lowest BCUT2D eigenvalue weighted by atomic mass is 9.90. The Morgan fingerprint density at radius 3 is 2.76 bits per heavy atom. The molecule has 0 amide bonds. The molecule has 0 saturated heterocycles. The molecule has 0 atom stereocenters. The number of H-pyrrole nitrogens is 1. The number of hydrogen-bond donors (Lipinski definition) is 1. The highest BCUT2D eigenvalue weighted by Crippen LogP contribution is 2.37. The Morgan fingerprint density at radius 2 is 2.00 bits per heavy atom. The molecule has 1 aliphatic carbocycles. The summed E-state index contributed by atoms with van der Waals surface area (Å²) >= 11 is 1.75. The zero-order valence-electron chi connectivity index (χ0n) is 20.1. The van der Waals surface area contributed by atoms with Gasteiger partial charge in [0.2, 0.25) is 0 Å². The molecule has 3 aromatic heterocycles. The van der Waals surface area contributed by atoms with E-state index in [9.17, 15) is 4.79 Å². The number of aromatic amines is 1. The summed E-state index contributed by atoms with van der Waals surface area (Å²) in [5.74, 6) is 2.54. The fraction of sp³-hybridized carbons (Fsp3) is 0.462. The average Bonchev–Trinajstić information content (AvgIpc) is 3.46. The highest BCUT2D eigenvalue weighted by molar-refractivity contribution is 7.10. The SMILES string of the molecule is CCCc1nc(C)c2c(=O)[nH]c(-c3cc(-c4csc(C5CCCCC5)n4)ccc3OCC)nn12. The summed E-state index contributed by atoms with van der Waals surface area (Å²) in [6, 6.07) is 6.01. The van der Waals surface area contributed by atoms with E-state index >= 15 is 0 Å². The van der Waals surface area contributed by atoms with E-state index in [1.807, 2.05) is 32.0 Å². The molecule has 5 rings (SSSR count). The molecular weight excluding hydrogens is 446 g/mol. The van der Waals surface area contributed by atoms with Gasteiger partial charge >= 0.3 is 0 Å². The highest BCUT2D eigenvalue weighted by atomic mass is 32.1. The van der Waals surface area contributed by atoms with Crippen molar-refractivity contribution in [2.24, 2.45) is 0 Å². The third-order valence-electron chi connectivity index (χ3n) is 6.52. The number of aryl methyl sites for hydroxylation is 2. The number of hydrogen-bond acceptors (Lipinski definition) is 6. The summed E-state index contributed by atoms with van der Waals surface area (Å²) in [7, 11) is 0. The lowest BCUT2D eigenvalue weighted by molar-refractivity contribution is 0.341. The van der Waals surface area contributed by atoms with Crippen LogP contribution in [0.15, 0.2) is 28.4 Å². The van der Waals surface area contributed by atoms with E-state index in [1.165, 1.54) is 37.1 Å². The van der Waals surface area contributed by atoms with E-state index in [4.69, 9.17) is 14.8 Å². The molecule has 7 nitrogen and oxygen atoms in total. The second kappa shape index (κ2) is 9.70. The van der Waals surface area contributed by atoms with Crippen LogP contribution in [0.4, 0.5) is 0 Å². The van der Waals surface area contributed by atoms with E-state index < -0.39 is 0 Å². The molecule has 8 heteroatoms. The van der Waals surface area contributed by atoms with Crippen LogP contribution in [0.1, 0.15) is 74.8 Å². The normalized spacial score (nSPS) is 14.7. The number of fused-ring (bicyclic) bond motifs is 1. The topological polar surface area (TPSA) is 85.2 Å². The van der Waals surface area contributed by atoms with Crippen molar-refractivity contribution in [1.82, 2.24) is 24.6 Å². The average molecular weight is 478 g/mol. The summed E-state index contributed by atoms with van der Waals surface area (Å²) in [5.41, 5.74) is 3.70. The van der Waals surface area contributed by atoms with Crippen molar-refractivity contribution >= 4 is 16.9 Å². The Hall–Kier alpha value is -3.00. The second-order valence-electron chi connectivity index (χ2n) is 8.98. The predicted octanol–water partition coefficient (Wildman–Crippen LogP) is 5.92. The van der Waals surface area contributed by atoms with Gasteiger partial charge in [0.1, 0.15) is 11.6 Å². The third-order valence-corrected chi connectivity index (χ3v) is 7.53. The van der Waals surface area contributed by atoms with E-state index in [-0.39, 0.29) is 5.56 Å². The van der Waals surface area contributed by atoms with E-state index in [0.717, 1.165) is 35.5 Å². The summed E-state index contributed by atoms with van der Waals surface area (Å²) in [4.78, 5) is 25.6. The van der Waals surface area contributed by atoms with Gasteiger partial charge in [0, 0.05) is 23.3 Å². The van der Waals surface area contributed by atoms with E-state index in [0.29, 0.717) is 35.3 Å². The van der Waals surface area contributed by atoms with Crippen LogP contribution in [0.2, 0.25) is 0 Å². The first kappa shape index (κ1) is 22.8.